The van der Waals surface area contributed by atoms with Crippen LogP contribution in [0.15, 0.2) is 65.7 Å². The van der Waals surface area contributed by atoms with Crippen LogP contribution in [0.5, 0.6) is 5.75 Å². The maximum absolute atomic E-state index is 12.7. The average Bonchev–Trinajstić information content (AvgIpc) is 3.19. The molecule has 164 valence electrons. The van der Waals surface area contributed by atoms with Crippen molar-refractivity contribution in [2.45, 2.75) is 23.9 Å². The fraction of sp³-hybridized carbons (Fsp3) is 0.174. The number of benzene rings is 2. The number of rotatable bonds is 6. The van der Waals surface area contributed by atoms with Gasteiger partial charge in [-0.05, 0) is 48.9 Å². The van der Waals surface area contributed by atoms with E-state index < -0.39 is 11.7 Å². The average molecular weight is 474 g/mol. The molecule has 32 heavy (non-hydrogen) atoms. The first-order valence-electron chi connectivity index (χ1n) is 9.59. The van der Waals surface area contributed by atoms with Crippen molar-refractivity contribution in [2.75, 3.05) is 7.11 Å². The molecule has 4 nitrogen and oxygen atoms in total. The number of nitrogens with zero attached hydrogens (tertiary/aromatic N) is 3. The predicted octanol–water partition coefficient (Wildman–Crippen LogP) is 6.90. The Labute approximate surface area is 191 Å². The molecule has 0 N–H and O–H groups in total. The molecule has 0 spiro atoms. The van der Waals surface area contributed by atoms with Crippen LogP contribution in [0.2, 0.25) is 0 Å². The quantitative estimate of drug-likeness (QED) is 0.285. The topological polar surface area (TPSA) is 47.9 Å². The van der Waals surface area contributed by atoms with E-state index in [0.717, 1.165) is 50.3 Å². The fourth-order valence-electron chi connectivity index (χ4n) is 3.04. The Hall–Kier alpha value is -2.91. The van der Waals surface area contributed by atoms with Crippen molar-refractivity contribution in [1.82, 2.24) is 15.2 Å². The van der Waals surface area contributed by atoms with Gasteiger partial charge in [0.25, 0.3) is 0 Å². The highest BCUT2D eigenvalue weighted by molar-refractivity contribution is 7.98. The molecule has 2 aromatic carbocycles. The van der Waals surface area contributed by atoms with Crippen molar-refractivity contribution in [2.24, 2.45) is 0 Å². The van der Waals surface area contributed by atoms with Crippen LogP contribution in [0.1, 0.15) is 16.8 Å². The third kappa shape index (κ3) is 4.94. The minimum atomic E-state index is -4.33. The van der Waals surface area contributed by atoms with Crippen LogP contribution in [0.25, 0.3) is 21.1 Å². The molecule has 2 aromatic heterocycles. The highest BCUT2D eigenvalue weighted by Crippen LogP contribution is 2.38. The molecule has 0 amide bonds. The Morgan fingerprint density at radius 3 is 2.38 bits per heavy atom. The minimum absolute atomic E-state index is 0.504. The zero-order valence-corrected chi connectivity index (χ0v) is 18.8. The second kappa shape index (κ2) is 9.30. The number of aromatic nitrogens is 3. The van der Waals surface area contributed by atoms with E-state index in [2.05, 4.69) is 15.2 Å². The normalized spacial score (nSPS) is 11.5. The smallest absolute Gasteiger partial charge is 0.416 e. The SMILES string of the molecule is COc1ccccc1-c1nc(C)c(-c2ccc(SCc3ccc(C(F)(F)F)cc3)nn2)s1. The monoisotopic (exact) mass is 473 g/mol. The van der Waals surface area contributed by atoms with Gasteiger partial charge in [0.1, 0.15) is 21.5 Å². The molecule has 0 radical (unpaired) electrons. The molecule has 0 aliphatic carbocycles. The highest BCUT2D eigenvalue weighted by Gasteiger charge is 2.29. The summed E-state index contributed by atoms with van der Waals surface area (Å²) in [6, 6.07) is 16.6. The van der Waals surface area contributed by atoms with Crippen LogP contribution in [-0.4, -0.2) is 22.3 Å². The van der Waals surface area contributed by atoms with E-state index in [1.165, 1.54) is 35.2 Å². The highest BCUT2D eigenvalue weighted by atomic mass is 32.2. The van der Waals surface area contributed by atoms with Gasteiger partial charge in [0.2, 0.25) is 0 Å². The summed E-state index contributed by atoms with van der Waals surface area (Å²) in [5.74, 6) is 1.26. The van der Waals surface area contributed by atoms with Gasteiger partial charge in [0, 0.05) is 5.75 Å². The van der Waals surface area contributed by atoms with Crippen molar-refractivity contribution in [3.8, 4) is 26.9 Å². The van der Waals surface area contributed by atoms with Gasteiger partial charge in [0.15, 0.2) is 0 Å². The first-order chi connectivity index (χ1) is 15.3. The van der Waals surface area contributed by atoms with Crippen molar-refractivity contribution >= 4 is 23.1 Å². The molecule has 0 saturated heterocycles. The Kier molecular flexibility index (Phi) is 6.48. The van der Waals surface area contributed by atoms with Gasteiger partial charge in [-0.1, -0.05) is 36.0 Å². The number of thiazole rings is 1. The van der Waals surface area contributed by atoms with Crippen molar-refractivity contribution in [3.63, 3.8) is 0 Å². The van der Waals surface area contributed by atoms with Crippen LogP contribution in [0, 0.1) is 6.92 Å². The molecular weight excluding hydrogens is 455 g/mol. The standard InChI is InChI=1S/C23H18F3N3OS2/c1-14-21(32-22(27-14)17-5-3-4-6-19(17)30-2)18-11-12-20(29-28-18)31-13-15-7-9-16(10-8-15)23(24,25)26/h3-12H,13H2,1-2H3. The second-order valence-electron chi connectivity index (χ2n) is 6.87. The number of para-hydroxylation sites is 1. The number of halogens is 3. The first kappa shape index (κ1) is 22.3. The summed E-state index contributed by atoms with van der Waals surface area (Å²) in [4.78, 5) is 5.60. The van der Waals surface area contributed by atoms with Crippen LogP contribution in [0.4, 0.5) is 13.2 Å². The van der Waals surface area contributed by atoms with Crippen molar-refractivity contribution < 1.29 is 17.9 Å². The van der Waals surface area contributed by atoms with E-state index in [-0.39, 0.29) is 0 Å². The summed E-state index contributed by atoms with van der Waals surface area (Å²) < 4.78 is 43.5. The summed E-state index contributed by atoms with van der Waals surface area (Å²) in [5.41, 5.74) is 2.64. The van der Waals surface area contributed by atoms with E-state index in [0.29, 0.717) is 10.8 Å². The summed E-state index contributed by atoms with van der Waals surface area (Å²) in [5, 5.41) is 10.1. The molecule has 0 atom stereocenters. The van der Waals surface area contributed by atoms with Crippen LogP contribution in [-0.2, 0) is 11.9 Å². The van der Waals surface area contributed by atoms with E-state index in [9.17, 15) is 13.2 Å². The molecule has 4 aromatic rings. The lowest BCUT2D eigenvalue weighted by molar-refractivity contribution is -0.137. The summed E-state index contributed by atoms with van der Waals surface area (Å²) >= 11 is 2.94. The van der Waals surface area contributed by atoms with Gasteiger partial charge in [-0.15, -0.1) is 21.5 Å². The number of alkyl halides is 3. The third-order valence-corrected chi connectivity index (χ3v) is 6.88. The molecule has 2 heterocycles. The molecule has 0 aliphatic rings. The van der Waals surface area contributed by atoms with Crippen molar-refractivity contribution in [3.05, 3.63) is 77.5 Å². The Morgan fingerprint density at radius 2 is 1.72 bits per heavy atom. The number of hydrogen-bond acceptors (Lipinski definition) is 6. The van der Waals surface area contributed by atoms with Gasteiger partial charge in [-0.25, -0.2) is 4.98 Å². The summed E-state index contributed by atoms with van der Waals surface area (Å²) in [6.07, 6.45) is -4.33. The predicted molar refractivity (Wildman–Crippen MR) is 121 cm³/mol. The second-order valence-corrected chi connectivity index (χ2v) is 8.87. The Morgan fingerprint density at radius 1 is 0.969 bits per heavy atom. The molecule has 4 rings (SSSR count). The van der Waals surface area contributed by atoms with Gasteiger partial charge in [-0.3, -0.25) is 0 Å². The molecule has 0 unspecified atom stereocenters. The van der Waals surface area contributed by atoms with Gasteiger partial charge < -0.3 is 4.74 Å². The van der Waals surface area contributed by atoms with Crippen LogP contribution < -0.4 is 4.74 Å². The van der Waals surface area contributed by atoms with Crippen LogP contribution in [0.3, 0.4) is 0 Å². The van der Waals surface area contributed by atoms with Crippen molar-refractivity contribution in [1.29, 1.82) is 0 Å². The first-order valence-corrected chi connectivity index (χ1v) is 11.4. The fourth-order valence-corrected chi connectivity index (χ4v) is 4.87. The summed E-state index contributed by atoms with van der Waals surface area (Å²) in [7, 11) is 1.63. The number of hydrogen-bond donors (Lipinski definition) is 0. The maximum Gasteiger partial charge on any atom is 0.416 e. The number of thioether (sulfide) groups is 1. The Bertz CT molecular complexity index is 1210. The molecule has 9 heteroatoms. The Balaban J connectivity index is 1.47. The number of aryl methyl sites for hydroxylation is 1. The van der Waals surface area contributed by atoms with E-state index >= 15 is 0 Å². The van der Waals surface area contributed by atoms with E-state index in [4.69, 9.17) is 4.74 Å². The molecule has 0 aliphatic heterocycles. The number of methoxy groups -OCH3 is 1. The number of ether oxygens (including phenoxy) is 1. The lowest BCUT2D eigenvalue weighted by atomic mass is 10.1. The van der Waals surface area contributed by atoms with Gasteiger partial charge in [-0.2, -0.15) is 13.2 Å². The third-order valence-electron chi connectivity index (χ3n) is 4.67. The van der Waals surface area contributed by atoms with Gasteiger partial charge >= 0.3 is 6.18 Å². The molecule has 0 fully saturated rings. The molecular formula is C23H18F3N3OS2. The molecule has 0 bridgehead atoms. The van der Waals surface area contributed by atoms with E-state index in [1.54, 1.807) is 7.11 Å². The zero-order valence-electron chi connectivity index (χ0n) is 17.2. The lowest BCUT2D eigenvalue weighted by Gasteiger charge is -2.07. The maximum atomic E-state index is 12.7. The van der Waals surface area contributed by atoms with Gasteiger partial charge in [0.05, 0.1) is 28.8 Å². The van der Waals surface area contributed by atoms with E-state index in [1.807, 2.05) is 43.3 Å². The minimum Gasteiger partial charge on any atom is -0.496 e. The zero-order chi connectivity index (χ0) is 22.7. The lowest BCUT2D eigenvalue weighted by Crippen LogP contribution is -2.04. The largest absolute Gasteiger partial charge is 0.496 e. The van der Waals surface area contributed by atoms with Crippen LogP contribution >= 0.6 is 23.1 Å². The summed E-state index contributed by atoms with van der Waals surface area (Å²) in [6.45, 7) is 1.93. The molecule has 0 saturated carbocycles.